The largest absolute Gasteiger partial charge is 0.479 e. The van der Waals surface area contributed by atoms with E-state index < -0.39 is 59.5 Å². The Morgan fingerprint density at radius 2 is 1.78 bits per heavy atom. The molecule has 0 radical (unpaired) electrons. The van der Waals surface area contributed by atoms with Crippen molar-refractivity contribution < 1.29 is 43.9 Å². The number of carboxylic acids is 1. The zero-order valence-electron chi connectivity index (χ0n) is 19.7. The Kier molecular flexibility index (Phi) is 7.29. The lowest BCUT2D eigenvalue weighted by molar-refractivity contribution is -0.278. The highest BCUT2D eigenvalue weighted by Crippen LogP contribution is 2.27. The van der Waals surface area contributed by atoms with E-state index in [0.29, 0.717) is 30.8 Å². The average Bonchev–Trinajstić information content (AvgIpc) is 2.85. The second-order valence-corrected chi connectivity index (χ2v) is 8.91. The van der Waals surface area contributed by atoms with Crippen molar-refractivity contribution in [1.29, 1.82) is 0 Å². The van der Waals surface area contributed by atoms with Crippen LogP contribution in [0.1, 0.15) is 17.3 Å². The van der Waals surface area contributed by atoms with Crippen LogP contribution in [0.3, 0.4) is 0 Å². The summed E-state index contributed by atoms with van der Waals surface area (Å²) in [5.74, 6) is -3.55. The Bertz CT molecular complexity index is 1230. The molecule has 2 aliphatic heterocycles. The highest BCUT2D eigenvalue weighted by Gasteiger charge is 2.48. The molecule has 0 spiro atoms. The van der Waals surface area contributed by atoms with Gasteiger partial charge >= 0.3 is 11.9 Å². The van der Waals surface area contributed by atoms with Crippen LogP contribution < -0.4 is 10.3 Å². The number of aliphatic hydroxyl groups excluding tert-OH is 3. The number of ether oxygens (including phenoxy) is 2. The molecular weight excluding hydrogens is 481 g/mol. The van der Waals surface area contributed by atoms with Gasteiger partial charge in [0.2, 0.25) is 11.7 Å². The first-order valence-electron chi connectivity index (χ1n) is 11.5. The van der Waals surface area contributed by atoms with Crippen molar-refractivity contribution in [2.45, 2.75) is 44.2 Å². The van der Waals surface area contributed by atoms with Gasteiger partial charge in [-0.15, -0.1) is 0 Å². The quantitative estimate of drug-likeness (QED) is 0.364. The molecule has 0 aliphatic carbocycles. The van der Waals surface area contributed by atoms with E-state index in [9.17, 15) is 29.7 Å². The second-order valence-electron chi connectivity index (χ2n) is 8.91. The number of pyridine rings is 1. The van der Waals surface area contributed by atoms with Gasteiger partial charge in [-0.05, 0) is 26.1 Å². The fraction of sp³-hybridized carbons (Fsp3) is 0.522. The van der Waals surface area contributed by atoms with Crippen molar-refractivity contribution in [1.82, 2.24) is 9.47 Å². The zero-order chi connectivity index (χ0) is 26.3. The minimum Gasteiger partial charge on any atom is -0.479 e. The maximum atomic E-state index is 15.1. The molecule has 1 unspecified atom stereocenters. The second kappa shape index (κ2) is 10.1. The molecule has 2 aliphatic rings. The van der Waals surface area contributed by atoms with E-state index in [4.69, 9.17) is 14.6 Å². The molecule has 1 aromatic carbocycles. The number of carbonyl (C=O) groups is 2. The van der Waals surface area contributed by atoms with Crippen molar-refractivity contribution in [3.8, 4) is 0 Å². The van der Waals surface area contributed by atoms with Crippen molar-refractivity contribution in [3.63, 3.8) is 0 Å². The number of aliphatic carboxylic acids is 1. The summed E-state index contributed by atoms with van der Waals surface area (Å²) in [7, 11) is 1.98. The number of carbonyl (C=O) groups excluding carboxylic acids is 1. The number of halogens is 1. The minimum absolute atomic E-state index is 0.0642. The van der Waals surface area contributed by atoms with Gasteiger partial charge in [0, 0.05) is 44.3 Å². The third-order valence-electron chi connectivity index (χ3n) is 6.59. The van der Waals surface area contributed by atoms with Crippen molar-refractivity contribution in [2.24, 2.45) is 0 Å². The van der Waals surface area contributed by atoms with E-state index in [-0.39, 0.29) is 5.39 Å². The first kappa shape index (κ1) is 26.0. The molecule has 0 saturated carbocycles. The summed E-state index contributed by atoms with van der Waals surface area (Å²) >= 11 is 0. The number of aromatic nitrogens is 1. The number of carboxylic acid groups (broad SMARTS) is 1. The van der Waals surface area contributed by atoms with Gasteiger partial charge in [-0.25, -0.2) is 14.0 Å². The van der Waals surface area contributed by atoms with Crippen LogP contribution in [0.15, 0.2) is 23.1 Å². The molecule has 4 N–H and O–H groups in total. The summed E-state index contributed by atoms with van der Waals surface area (Å²) < 4.78 is 26.6. The number of esters is 1. The van der Waals surface area contributed by atoms with Crippen LogP contribution in [-0.2, 0) is 20.8 Å². The van der Waals surface area contributed by atoms with Crippen LogP contribution in [-0.4, -0.2) is 106 Å². The average molecular weight is 509 g/mol. The molecule has 3 heterocycles. The van der Waals surface area contributed by atoms with Crippen molar-refractivity contribution >= 4 is 28.5 Å². The number of likely N-dealkylation sites (N-methyl/N-ethyl adjacent to an activating group) is 1. The number of hydrogen-bond acceptors (Lipinski definition) is 10. The summed E-state index contributed by atoms with van der Waals surface area (Å²) in [6, 6.07) is 2.64. The molecule has 2 aromatic rings. The standard InChI is InChI=1S/C23H28FN3O9/c1-3-26-10-12(22(34)36-23-19(31)17(29)18(30)20(35-23)21(32)33)16(28)11-8-13(24)15(9-14(11)26)27-6-4-25(2)5-7-27/h8-10,17-20,23,29-31H,3-7H2,1-2H3,(H,32,33)/t17-,18-,19+,20-,23?/m0/s1. The summed E-state index contributed by atoms with van der Waals surface area (Å²) in [5.41, 5.74) is -0.574. The summed E-state index contributed by atoms with van der Waals surface area (Å²) in [5, 5.41) is 38.9. The molecule has 0 amide bonds. The summed E-state index contributed by atoms with van der Waals surface area (Å²) in [6.45, 7) is 4.82. The van der Waals surface area contributed by atoms with E-state index in [1.807, 2.05) is 11.9 Å². The number of anilines is 1. The number of fused-ring (bicyclic) bond motifs is 1. The van der Waals surface area contributed by atoms with E-state index in [0.717, 1.165) is 19.2 Å². The molecule has 0 bridgehead atoms. The van der Waals surface area contributed by atoms with Crippen molar-refractivity contribution in [3.05, 3.63) is 39.9 Å². The zero-order valence-corrected chi connectivity index (χ0v) is 19.7. The minimum atomic E-state index is -1.98. The smallest absolute Gasteiger partial charge is 0.346 e. The molecule has 36 heavy (non-hydrogen) atoms. The number of piperazine rings is 1. The van der Waals surface area contributed by atoms with Gasteiger partial charge in [-0.3, -0.25) is 4.79 Å². The van der Waals surface area contributed by atoms with E-state index in [2.05, 4.69) is 4.90 Å². The number of hydrogen-bond donors (Lipinski definition) is 4. The Hall–Kier alpha value is -3.10. The lowest BCUT2D eigenvalue weighted by Gasteiger charge is -2.37. The van der Waals surface area contributed by atoms with Crippen LogP contribution in [0, 0.1) is 5.82 Å². The fourth-order valence-corrected chi connectivity index (χ4v) is 4.41. The number of rotatable bonds is 5. The Morgan fingerprint density at radius 1 is 1.11 bits per heavy atom. The molecule has 4 rings (SSSR count). The lowest BCUT2D eigenvalue weighted by Crippen LogP contribution is -2.60. The van der Waals surface area contributed by atoms with E-state index in [1.54, 1.807) is 17.6 Å². The van der Waals surface area contributed by atoms with Gasteiger partial charge in [0.15, 0.2) is 6.10 Å². The third kappa shape index (κ3) is 4.67. The number of benzene rings is 1. The van der Waals surface area contributed by atoms with Gasteiger partial charge in [-0.2, -0.15) is 0 Å². The van der Waals surface area contributed by atoms with Crippen LogP contribution >= 0.6 is 0 Å². The van der Waals surface area contributed by atoms with Crippen molar-refractivity contribution in [2.75, 3.05) is 38.1 Å². The predicted octanol–water partition coefficient (Wildman–Crippen LogP) is -1.04. The first-order valence-corrected chi connectivity index (χ1v) is 11.5. The van der Waals surface area contributed by atoms with E-state index >= 15 is 4.39 Å². The van der Waals surface area contributed by atoms with Gasteiger partial charge < -0.3 is 44.3 Å². The molecule has 13 heteroatoms. The first-order chi connectivity index (χ1) is 17.0. The number of aliphatic hydroxyl groups is 3. The maximum absolute atomic E-state index is 15.1. The fourth-order valence-electron chi connectivity index (χ4n) is 4.41. The predicted molar refractivity (Wildman–Crippen MR) is 123 cm³/mol. The van der Waals surface area contributed by atoms with E-state index in [1.165, 1.54) is 6.20 Å². The van der Waals surface area contributed by atoms with Crippen LogP contribution in [0.25, 0.3) is 10.9 Å². The van der Waals surface area contributed by atoms with Crippen LogP contribution in [0.2, 0.25) is 0 Å². The SMILES string of the molecule is CCn1cc(C(=O)OC2O[C@H](C(=O)O)[C@@H](O)[C@H](O)[C@H]2O)c(=O)c2cc(F)c(N3CCN(C)CC3)cc21. The topological polar surface area (TPSA) is 162 Å². The molecule has 2 fully saturated rings. The summed E-state index contributed by atoms with van der Waals surface area (Å²) in [4.78, 5) is 41.3. The number of aryl methyl sites for hydroxylation is 1. The van der Waals surface area contributed by atoms with Crippen LogP contribution in [0.4, 0.5) is 10.1 Å². The Balaban J connectivity index is 1.67. The Labute approximate surface area is 204 Å². The van der Waals surface area contributed by atoms with Gasteiger partial charge in [0.25, 0.3) is 0 Å². The lowest BCUT2D eigenvalue weighted by atomic mass is 9.99. The molecule has 5 atom stereocenters. The molecular formula is C23H28FN3O9. The van der Waals surface area contributed by atoms with Gasteiger partial charge in [0.05, 0.1) is 11.2 Å². The highest BCUT2D eigenvalue weighted by molar-refractivity contribution is 5.94. The maximum Gasteiger partial charge on any atom is 0.346 e. The normalized spacial score (nSPS) is 27.3. The number of nitrogens with zero attached hydrogens (tertiary/aromatic N) is 3. The molecule has 12 nitrogen and oxygen atoms in total. The molecule has 2 saturated heterocycles. The Morgan fingerprint density at radius 3 is 2.39 bits per heavy atom. The van der Waals surface area contributed by atoms with Crippen LogP contribution in [0.5, 0.6) is 0 Å². The van der Waals surface area contributed by atoms with Gasteiger partial charge in [-0.1, -0.05) is 0 Å². The monoisotopic (exact) mass is 509 g/mol. The molecule has 196 valence electrons. The highest BCUT2D eigenvalue weighted by atomic mass is 19.1. The molecule has 1 aromatic heterocycles. The third-order valence-corrected chi connectivity index (χ3v) is 6.59. The van der Waals surface area contributed by atoms with Gasteiger partial charge in [0.1, 0.15) is 29.7 Å². The summed E-state index contributed by atoms with van der Waals surface area (Å²) in [6.07, 6.45) is -8.65.